The van der Waals surface area contributed by atoms with Crippen molar-refractivity contribution >= 4 is 43.7 Å². The number of furan rings is 1. The number of para-hydroxylation sites is 3. The minimum absolute atomic E-state index is 0.895. The van der Waals surface area contributed by atoms with E-state index in [9.17, 15) is 0 Å². The Balaban J connectivity index is 1.15. The van der Waals surface area contributed by atoms with Crippen molar-refractivity contribution in [2.45, 2.75) is 0 Å². The van der Waals surface area contributed by atoms with Crippen molar-refractivity contribution in [1.29, 1.82) is 0 Å². The molecular formula is C54H35NO. The molecule has 0 aliphatic carbocycles. The maximum absolute atomic E-state index is 6.57. The van der Waals surface area contributed by atoms with Gasteiger partial charge in [0, 0.05) is 32.8 Å². The summed E-state index contributed by atoms with van der Waals surface area (Å²) in [6, 6.07) is 76.5. The van der Waals surface area contributed by atoms with Crippen LogP contribution in [0.2, 0.25) is 0 Å². The molecule has 2 heteroatoms. The highest BCUT2D eigenvalue weighted by Gasteiger charge is 2.18. The third kappa shape index (κ3) is 5.42. The molecule has 2 nitrogen and oxygen atoms in total. The summed E-state index contributed by atoms with van der Waals surface area (Å²) >= 11 is 0. The molecule has 0 spiro atoms. The van der Waals surface area contributed by atoms with Crippen LogP contribution in [0.4, 0.5) is 0 Å². The largest absolute Gasteiger partial charge is 0.455 e. The second kappa shape index (κ2) is 13.2. The molecule has 9 aromatic carbocycles. The van der Waals surface area contributed by atoms with Crippen molar-refractivity contribution in [2.75, 3.05) is 0 Å². The van der Waals surface area contributed by atoms with Gasteiger partial charge in [0.25, 0.3) is 0 Å². The van der Waals surface area contributed by atoms with E-state index in [0.29, 0.717) is 0 Å². The lowest BCUT2D eigenvalue weighted by Crippen LogP contribution is -1.93. The van der Waals surface area contributed by atoms with Crippen LogP contribution in [0.25, 0.3) is 105 Å². The molecule has 0 aliphatic rings. The van der Waals surface area contributed by atoms with E-state index in [0.717, 1.165) is 55.4 Å². The fourth-order valence-electron chi connectivity index (χ4n) is 8.44. The van der Waals surface area contributed by atoms with Gasteiger partial charge >= 0.3 is 0 Å². The Labute approximate surface area is 325 Å². The number of aromatic nitrogens is 1. The van der Waals surface area contributed by atoms with Gasteiger partial charge in [-0.25, -0.2) is 0 Å². The van der Waals surface area contributed by atoms with Gasteiger partial charge in [-0.05, 0) is 111 Å². The van der Waals surface area contributed by atoms with Crippen molar-refractivity contribution in [2.24, 2.45) is 0 Å². The second-order valence-corrected chi connectivity index (χ2v) is 14.5. The van der Waals surface area contributed by atoms with Gasteiger partial charge in [0.1, 0.15) is 11.2 Å². The quantitative estimate of drug-likeness (QED) is 0.168. The van der Waals surface area contributed by atoms with Crippen molar-refractivity contribution in [3.63, 3.8) is 0 Å². The third-order valence-electron chi connectivity index (χ3n) is 11.2. The molecule has 56 heavy (non-hydrogen) atoms. The number of nitrogens with zero attached hydrogens (tertiary/aromatic N) is 1. The van der Waals surface area contributed by atoms with Crippen LogP contribution in [0.15, 0.2) is 217 Å². The maximum atomic E-state index is 6.57. The van der Waals surface area contributed by atoms with Crippen LogP contribution in [0.5, 0.6) is 0 Å². The molecule has 0 aliphatic heterocycles. The van der Waals surface area contributed by atoms with Crippen molar-refractivity contribution in [3.8, 4) is 61.3 Å². The van der Waals surface area contributed by atoms with Crippen molar-refractivity contribution < 1.29 is 4.42 Å². The van der Waals surface area contributed by atoms with E-state index in [-0.39, 0.29) is 0 Å². The van der Waals surface area contributed by atoms with Gasteiger partial charge in [-0.3, -0.25) is 0 Å². The molecule has 0 atom stereocenters. The average molecular weight is 714 g/mol. The fraction of sp³-hybridized carbons (Fsp3) is 0. The molecule has 0 saturated carbocycles. The summed E-state index contributed by atoms with van der Waals surface area (Å²) < 4.78 is 8.97. The average Bonchev–Trinajstić information content (AvgIpc) is 3.82. The Kier molecular flexibility index (Phi) is 7.53. The highest BCUT2D eigenvalue weighted by molar-refractivity contribution is 6.12. The van der Waals surface area contributed by atoms with Gasteiger partial charge < -0.3 is 8.98 Å². The smallest absolute Gasteiger partial charge is 0.143 e. The van der Waals surface area contributed by atoms with Crippen molar-refractivity contribution in [1.82, 2.24) is 4.57 Å². The minimum atomic E-state index is 0.895. The highest BCUT2D eigenvalue weighted by Crippen LogP contribution is 2.42. The summed E-state index contributed by atoms with van der Waals surface area (Å²) in [5, 5.41) is 4.73. The first kappa shape index (κ1) is 32.0. The molecule has 0 saturated heterocycles. The van der Waals surface area contributed by atoms with Crippen LogP contribution in [-0.2, 0) is 0 Å². The van der Waals surface area contributed by atoms with Gasteiger partial charge in [-0.2, -0.15) is 0 Å². The number of hydrogen-bond acceptors (Lipinski definition) is 1. The van der Waals surface area contributed by atoms with E-state index < -0.39 is 0 Å². The molecule has 0 amide bonds. The molecule has 2 aromatic heterocycles. The van der Waals surface area contributed by atoms with Crippen molar-refractivity contribution in [3.05, 3.63) is 212 Å². The standard InChI is InChI=1S/C54H35NO/c1-4-14-36(15-5-1)37-24-26-38(27-25-37)41-30-42(40-28-29-47-46-20-10-12-22-51(46)55(52(47)35-40)45-18-8-3-9-19-45)32-43(31-41)44-33-49(39-16-6-2-7-17-39)54-50(34-44)48-21-11-13-23-53(48)56-54/h1-35H. The topological polar surface area (TPSA) is 18.1 Å². The number of hydrogen-bond donors (Lipinski definition) is 0. The summed E-state index contributed by atoms with van der Waals surface area (Å²) in [6.07, 6.45) is 0. The zero-order valence-corrected chi connectivity index (χ0v) is 30.6. The first-order valence-electron chi connectivity index (χ1n) is 19.2. The fourth-order valence-corrected chi connectivity index (χ4v) is 8.44. The molecule has 0 radical (unpaired) electrons. The normalized spacial score (nSPS) is 11.6. The van der Waals surface area contributed by atoms with Gasteiger partial charge in [-0.15, -0.1) is 0 Å². The van der Waals surface area contributed by atoms with E-state index >= 15 is 0 Å². The van der Waals surface area contributed by atoms with Crippen LogP contribution in [0, 0.1) is 0 Å². The van der Waals surface area contributed by atoms with E-state index in [1.165, 1.54) is 49.6 Å². The predicted octanol–water partition coefficient (Wildman–Crippen LogP) is 15.0. The molecule has 0 N–H and O–H groups in total. The summed E-state index contributed by atoms with van der Waals surface area (Å²) in [5.41, 5.74) is 16.9. The third-order valence-corrected chi connectivity index (χ3v) is 11.2. The Morgan fingerprint density at radius 2 is 0.786 bits per heavy atom. The van der Waals surface area contributed by atoms with Crippen LogP contribution < -0.4 is 0 Å². The lowest BCUT2D eigenvalue weighted by atomic mass is 9.90. The summed E-state index contributed by atoms with van der Waals surface area (Å²) in [5.74, 6) is 0. The number of rotatable bonds is 6. The van der Waals surface area contributed by atoms with Crippen LogP contribution >= 0.6 is 0 Å². The van der Waals surface area contributed by atoms with Gasteiger partial charge in [0.15, 0.2) is 0 Å². The van der Waals surface area contributed by atoms with E-state index in [1.54, 1.807) is 0 Å². The van der Waals surface area contributed by atoms with Crippen LogP contribution in [0.1, 0.15) is 0 Å². The molecule has 11 aromatic rings. The van der Waals surface area contributed by atoms with Crippen LogP contribution in [0.3, 0.4) is 0 Å². The summed E-state index contributed by atoms with van der Waals surface area (Å²) in [7, 11) is 0. The molecular weight excluding hydrogens is 679 g/mol. The molecule has 11 rings (SSSR count). The van der Waals surface area contributed by atoms with E-state index in [2.05, 4.69) is 211 Å². The SMILES string of the molecule is c1ccc(-c2ccc(-c3cc(-c4cc(-c5ccccc5)c5oc6ccccc6c5c4)cc(-c4ccc5c6ccccc6n(-c6ccccc6)c5c4)c3)cc2)cc1. The highest BCUT2D eigenvalue weighted by atomic mass is 16.3. The maximum Gasteiger partial charge on any atom is 0.143 e. The lowest BCUT2D eigenvalue weighted by Gasteiger charge is -2.14. The lowest BCUT2D eigenvalue weighted by molar-refractivity contribution is 0.670. The van der Waals surface area contributed by atoms with E-state index in [1.807, 2.05) is 6.07 Å². The Morgan fingerprint density at radius 3 is 1.52 bits per heavy atom. The monoisotopic (exact) mass is 713 g/mol. The predicted molar refractivity (Wildman–Crippen MR) is 235 cm³/mol. The van der Waals surface area contributed by atoms with E-state index in [4.69, 9.17) is 4.42 Å². The molecule has 0 fully saturated rings. The number of fused-ring (bicyclic) bond motifs is 6. The minimum Gasteiger partial charge on any atom is -0.455 e. The Hall–Kier alpha value is -7.42. The molecule has 0 unspecified atom stereocenters. The second-order valence-electron chi connectivity index (χ2n) is 14.5. The first-order valence-corrected chi connectivity index (χ1v) is 19.2. The van der Waals surface area contributed by atoms with Crippen LogP contribution in [-0.4, -0.2) is 4.57 Å². The molecule has 2 heterocycles. The van der Waals surface area contributed by atoms with Gasteiger partial charge in [0.2, 0.25) is 0 Å². The zero-order chi connectivity index (χ0) is 37.0. The van der Waals surface area contributed by atoms with Gasteiger partial charge in [-0.1, -0.05) is 152 Å². The first-order chi connectivity index (χ1) is 27.7. The zero-order valence-electron chi connectivity index (χ0n) is 30.6. The summed E-state index contributed by atoms with van der Waals surface area (Å²) in [6.45, 7) is 0. The molecule has 262 valence electrons. The molecule has 0 bridgehead atoms. The summed E-state index contributed by atoms with van der Waals surface area (Å²) in [4.78, 5) is 0. The Bertz CT molecular complexity index is 3210. The Morgan fingerprint density at radius 1 is 0.286 bits per heavy atom. The number of benzene rings is 9. The van der Waals surface area contributed by atoms with Gasteiger partial charge in [0.05, 0.1) is 11.0 Å².